The first kappa shape index (κ1) is 10.5. The van der Waals surface area contributed by atoms with E-state index in [1.54, 1.807) is 0 Å². The lowest BCUT2D eigenvalue weighted by Crippen LogP contribution is -2.60. The van der Waals surface area contributed by atoms with Crippen molar-refractivity contribution in [2.24, 2.45) is 5.73 Å². The van der Waals surface area contributed by atoms with Gasteiger partial charge in [0.15, 0.2) is 0 Å². The van der Waals surface area contributed by atoms with Crippen LogP contribution in [0.3, 0.4) is 0 Å². The van der Waals surface area contributed by atoms with Crippen LogP contribution < -0.4 is 11.1 Å². The van der Waals surface area contributed by atoms with Crippen LogP contribution in [-0.4, -0.2) is 30.2 Å². The minimum Gasteiger partial charge on any atom is -0.377 e. The van der Waals surface area contributed by atoms with Gasteiger partial charge in [-0.3, -0.25) is 4.79 Å². The molecule has 1 aliphatic heterocycles. The molecule has 0 saturated carbocycles. The Bertz CT molecular complexity index is 204. The van der Waals surface area contributed by atoms with E-state index in [0.717, 1.165) is 0 Å². The van der Waals surface area contributed by atoms with E-state index in [9.17, 15) is 4.79 Å². The van der Waals surface area contributed by atoms with Gasteiger partial charge in [-0.05, 0) is 20.8 Å². The summed E-state index contributed by atoms with van der Waals surface area (Å²) >= 11 is 0. The quantitative estimate of drug-likeness (QED) is 0.639. The van der Waals surface area contributed by atoms with Gasteiger partial charge in [0.1, 0.15) is 0 Å². The molecule has 0 aromatic rings. The van der Waals surface area contributed by atoms with Gasteiger partial charge in [0, 0.05) is 12.0 Å². The van der Waals surface area contributed by atoms with E-state index in [2.05, 4.69) is 5.32 Å². The standard InChI is InChI=1S/C9H18N2O2/c1-8(2,3)11-7(12)4-9(10)5-13-6-9/h4-6,10H2,1-3H3,(H,11,12). The smallest absolute Gasteiger partial charge is 0.222 e. The molecule has 0 spiro atoms. The maximum atomic E-state index is 11.4. The van der Waals surface area contributed by atoms with Crippen molar-refractivity contribution in [3.8, 4) is 0 Å². The molecule has 1 rings (SSSR count). The molecule has 0 aromatic heterocycles. The molecule has 0 aliphatic carbocycles. The number of carbonyl (C=O) groups is 1. The molecule has 1 heterocycles. The van der Waals surface area contributed by atoms with Gasteiger partial charge in [0.05, 0.1) is 18.8 Å². The van der Waals surface area contributed by atoms with Crippen LogP contribution in [-0.2, 0) is 9.53 Å². The Kier molecular flexibility index (Phi) is 2.63. The predicted molar refractivity (Wildman–Crippen MR) is 50.3 cm³/mol. The molecule has 1 fully saturated rings. The van der Waals surface area contributed by atoms with Gasteiger partial charge in [-0.2, -0.15) is 0 Å². The Balaban J connectivity index is 2.33. The van der Waals surface area contributed by atoms with Gasteiger partial charge >= 0.3 is 0 Å². The predicted octanol–water partition coefficient (Wildman–Crippen LogP) is 0.0189. The van der Waals surface area contributed by atoms with E-state index in [1.807, 2.05) is 20.8 Å². The second-order valence-electron chi connectivity index (χ2n) is 4.83. The second-order valence-corrected chi connectivity index (χ2v) is 4.83. The molecule has 0 unspecified atom stereocenters. The fourth-order valence-corrected chi connectivity index (χ4v) is 1.25. The van der Waals surface area contributed by atoms with Gasteiger partial charge < -0.3 is 15.8 Å². The van der Waals surface area contributed by atoms with Crippen molar-refractivity contribution in [3.05, 3.63) is 0 Å². The normalized spacial score (nSPS) is 20.6. The molecule has 76 valence electrons. The molecule has 4 heteroatoms. The first-order valence-electron chi connectivity index (χ1n) is 4.48. The monoisotopic (exact) mass is 186 g/mol. The van der Waals surface area contributed by atoms with Gasteiger partial charge in [-0.1, -0.05) is 0 Å². The number of amides is 1. The molecule has 13 heavy (non-hydrogen) atoms. The van der Waals surface area contributed by atoms with Crippen LogP contribution in [0.25, 0.3) is 0 Å². The molecule has 0 atom stereocenters. The van der Waals surface area contributed by atoms with E-state index in [0.29, 0.717) is 19.6 Å². The highest BCUT2D eigenvalue weighted by Gasteiger charge is 2.36. The summed E-state index contributed by atoms with van der Waals surface area (Å²) in [5, 5.41) is 2.87. The average Bonchev–Trinajstić information content (AvgIpc) is 1.79. The third-order valence-corrected chi connectivity index (χ3v) is 1.81. The fraction of sp³-hybridized carbons (Fsp3) is 0.889. The van der Waals surface area contributed by atoms with Gasteiger partial charge in [-0.15, -0.1) is 0 Å². The van der Waals surface area contributed by atoms with Crippen LogP contribution in [0.5, 0.6) is 0 Å². The minimum atomic E-state index is -0.421. The lowest BCUT2D eigenvalue weighted by molar-refractivity contribution is -0.129. The number of carbonyl (C=O) groups excluding carboxylic acids is 1. The zero-order chi connectivity index (χ0) is 10.1. The molecular weight excluding hydrogens is 168 g/mol. The highest BCUT2D eigenvalue weighted by atomic mass is 16.5. The van der Waals surface area contributed by atoms with Crippen LogP contribution in [0.4, 0.5) is 0 Å². The number of hydrogen-bond acceptors (Lipinski definition) is 3. The summed E-state index contributed by atoms with van der Waals surface area (Å²) in [6, 6.07) is 0. The van der Waals surface area contributed by atoms with Crippen molar-refractivity contribution < 1.29 is 9.53 Å². The largest absolute Gasteiger partial charge is 0.377 e. The first-order chi connectivity index (χ1) is 5.81. The average molecular weight is 186 g/mol. The zero-order valence-corrected chi connectivity index (χ0v) is 8.52. The third kappa shape index (κ3) is 3.32. The number of nitrogens with two attached hydrogens (primary N) is 1. The van der Waals surface area contributed by atoms with Crippen molar-refractivity contribution >= 4 is 5.91 Å². The van der Waals surface area contributed by atoms with E-state index < -0.39 is 5.54 Å². The van der Waals surface area contributed by atoms with E-state index in [4.69, 9.17) is 10.5 Å². The summed E-state index contributed by atoms with van der Waals surface area (Å²) in [4.78, 5) is 11.4. The number of ether oxygens (including phenoxy) is 1. The minimum absolute atomic E-state index is 0.00157. The highest BCUT2D eigenvalue weighted by Crippen LogP contribution is 2.17. The van der Waals surface area contributed by atoms with Crippen molar-refractivity contribution in [1.82, 2.24) is 5.32 Å². The summed E-state index contributed by atoms with van der Waals surface area (Å²) in [5.74, 6) is -0.00157. The lowest BCUT2D eigenvalue weighted by Gasteiger charge is -2.37. The van der Waals surface area contributed by atoms with E-state index in [1.165, 1.54) is 0 Å². The Morgan fingerprint density at radius 3 is 2.38 bits per heavy atom. The fourth-order valence-electron chi connectivity index (χ4n) is 1.25. The summed E-state index contributed by atoms with van der Waals surface area (Å²) in [6.07, 6.45) is 0.351. The molecule has 0 aromatic carbocycles. The van der Waals surface area contributed by atoms with Crippen LogP contribution in [0.1, 0.15) is 27.2 Å². The Morgan fingerprint density at radius 2 is 2.08 bits per heavy atom. The number of hydrogen-bond donors (Lipinski definition) is 2. The number of rotatable bonds is 2. The van der Waals surface area contributed by atoms with E-state index in [-0.39, 0.29) is 11.4 Å². The van der Waals surface area contributed by atoms with Gasteiger partial charge in [-0.25, -0.2) is 0 Å². The van der Waals surface area contributed by atoms with Crippen molar-refractivity contribution in [2.45, 2.75) is 38.3 Å². The molecule has 0 bridgehead atoms. The van der Waals surface area contributed by atoms with Crippen molar-refractivity contribution in [3.63, 3.8) is 0 Å². The second kappa shape index (κ2) is 3.27. The molecular formula is C9H18N2O2. The summed E-state index contributed by atoms with van der Waals surface area (Å²) in [7, 11) is 0. The third-order valence-electron chi connectivity index (χ3n) is 1.81. The molecule has 1 saturated heterocycles. The van der Waals surface area contributed by atoms with Gasteiger partial charge in [0.25, 0.3) is 0 Å². The molecule has 0 radical (unpaired) electrons. The summed E-state index contributed by atoms with van der Waals surface area (Å²) in [5.41, 5.74) is 5.23. The Morgan fingerprint density at radius 1 is 1.54 bits per heavy atom. The van der Waals surface area contributed by atoms with Gasteiger partial charge in [0.2, 0.25) is 5.91 Å². The summed E-state index contributed by atoms with van der Waals surface area (Å²) in [6.45, 7) is 6.83. The van der Waals surface area contributed by atoms with Crippen LogP contribution >= 0.6 is 0 Å². The SMILES string of the molecule is CC(C)(C)NC(=O)CC1(N)COC1. The maximum Gasteiger partial charge on any atom is 0.222 e. The number of nitrogens with one attached hydrogen (secondary N) is 1. The first-order valence-corrected chi connectivity index (χ1v) is 4.48. The Labute approximate surface area is 78.8 Å². The van der Waals surface area contributed by atoms with Crippen LogP contribution in [0, 0.1) is 0 Å². The van der Waals surface area contributed by atoms with Crippen LogP contribution in [0.2, 0.25) is 0 Å². The molecule has 1 amide bonds. The lowest BCUT2D eigenvalue weighted by atomic mass is 9.93. The maximum absolute atomic E-state index is 11.4. The topological polar surface area (TPSA) is 64.4 Å². The van der Waals surface area contributed by atoms with Crippen LogP contribution in [0.15, 0.2) is 0 Å². The molecule has 4 nitrogen and oxygen atoms in total. The highest BCUT2D eigenvalue weighted by molar-refractivity contribution is 5.78. The van der Waals surface area contributed by atoms with Crippen molar-refractivity contribution in [1.29, 1.82) is 0 Å². The summed E-state index contributed by atoms with van der Waals surface area (Å²) < 4.78 is 4.96. The Hall–Kier alpha value is -0.610. The molecule has 3 N–H and O–H groups in total. The molecule has 1 aliphatic rings. The van der Waals surface area contributed by atoms with Crippen molar-refractivity contribution in [2.75, 3.05) is 13.2 Å². The van der Waals surface area contributed by atoms with E-state index >= 15 is 0 Å². The zero-order valence-electron chi connectivity index (χ0n) is 8.52.